The smallest absolute Gasteiger partial charge is 0.262 e. The van der Waals surface area contributed by atoms with Gasteiger partial charge in [-0.05, 0) is 6.42 Å². The van der Waals surface area contributed by atoms with Crippen molar-refractivity contribution in [3.8, 4) is 0 Å². The maximum absolute atomic E-state index is 12.5. The van der Waals surface area contributed by atoms with E-state index in [-0.39, 0.29) is 24.2 Å². The molecule has 6 heteroatoms. The van der Waals surface area contributed by atoms with E-state index in [0.29, 0.717) is 11.1 Å². The van der Waals surface area contributed by atoms with Gasteiger partial charge in [-0.2, -0.15) is 0 Å². The van der Waals surface area contributed by atoms with E-state index in [4.69, 9.17) is 0 Å². The lowest BCUT2D eigenvalue weighted by atomic mass is 9.93. The lowest BCUT2D eigenvalue weighted by Gasteiger charge is -2.28. The van der Waals surface area contributed by atoms with Gasteiger partial charge in [0.05, 0.1) is 11.1 Å². The third-order valence-corrected chi connectivity index (χ3v) is 4.07. The highest BCUT2D eigenvalue weighted by Gasteiger charge is 2.45. The van der Waals surface area contributed by atoms with Crippen molar-refractivity contribution in [2.24, 2.45) is 5.41 Å². The van der Waals surface area contributed by atoms with Crippen LogP contribution in [0.1, 0.15) is 68.2 Å². The Morgan fingerprint density at radius 2 is 1.29 bits per heavy atom. The van der Waals surface area contributed by atoms with Gasteiger partial charge in [0.25, 0.3) is 11.8 Å². The first kappa shape index (κ1) is 25.5. The molecule has 1 aliphatic carbocycles. The minimum Gasteiger partial charge on any atom is -0.295 e. The molecule has 0 radical (unpaired) electrons. The van der Waals surface area contributed by atoms with Crippen LogP contribution >= 0.6 is 0 Å². The molecule has 1 saturated heterocycles. The molecule has 0 aromatic heterocycles. The minimum absolute atomic E-state index is 0.122. The highest BCUT2D eigenvalue weighted by atomic mass is 16.2. The Bertz CT molecular complexity index is 661. The molecule has 0 aromatic rings. The number of nitrogens with zero attached hydrogens (tertiary/aromatic N) is 1. The number of hydrogen-bond acceptors (Lipinski definition) is 4. The van der Waals surface area contributed by atoms with Crippen molar-refractivity contribution in [1.29, 1.82) is 0 Å². The first-order valence-corrected chi connectivity index (χ1v) is 10.1. The topological polar surface area (TPSA) is 83.6 Å². The molecule has 4 amide bonds. The van der Waals surface area contributed by atoms with E-state index in [1.54, 1.807) is 12.2 Å². The van der Waals surface area contributed by atoms with Crippen molar-refractivity contribution in [3.63, 3.8) is 0 Å². The summed E-state index contributed by atoms with van der Waals surface area (Å²) in [6, 6.07) is -0.917. The van der Waals surface area contributed by atoms with Gasteiger partial charge in [-0.15, -0.1) is 0 Å². The van der Waals surface area contributed by atoms with Crippen molar-refractivity contribution >= 4 is 23.6 Å². The Balaban J connectivity index is 0.00000111. The largest absolute Gasteiger partial charge is 0.295 e. The van der Waals surface area contributed by atoms with Gasteiger partial charge < -0.3 is 0 Å². The second kappa shape index (κ2) is 11.4. The molecule has 2 heterocycles. The molecule has 1 fully saturated rings. The highest BCUT2D eigenvalue weighted by molar-refractivity contribution is 6.24. The Kier molecular flexibility index (Phi) is 10.4. The molecule has 28 heavy (non-hydrogen) atoms. The number of rotatable bonds is 1. The molecule has 156 valence electrons. The van der Waals surface area contributed by atoms with E-state index in [2.05, 4.69) is 5.32 Å². The molecule has 0 bridgehead atoms. The molecule has 0 aromatic carbocycles. The average Bonchev–Trinajstić information content (AvgIpc) is 2.82. The minimum atomic E-state index is -0.917. The lowest BCUT2D eigenvalue weighted by molar-refractivity contribution is -0.149. The second-order valence-electron chi connectivity index (χ2n) is 6.26. The summed E-state index contributed by atoms with van der Waals surface area (Å²) in [6.07, 6.45) is 7.28. The summed E-state index contributed by atoms with van der Waals surface area (Å²) >= 11 is 0. The van der Waals surface area contributed by atoms with Crippen molar-refractivity contribution in [2.45, 2.75) is 74.3 Å². The van der Waals surface area contributed by atoms with Crippen LogP contribution in [-0.4, -0.2) is 34.6 Å². The summed E-state index contributed by atoms with van der Waals surface area (Å²) in [5.74, 6) is -1.93. The molecule has 6 nitrogen and oxygen atoms in total. The van der Waals surface area contributed by atoms with E-state index in [9.17, 15) is 19.2 Å². The first-order chi connectivity index (χ1) is 13.3. The number of piperidine rings is 1. The number of imide groups is 2. The monoisotopic (exact) mass is 390 g/mol. The van der Waals surface area contributed by atoms with E-state index in [1.165, 1.54) is 0 Å². The van der Waals surface area contributed by atoms with Crippen molar-refractivity contribution in [1.82, 2.24) is 10.2 Å². The van der Waals surface area contributed by atoms with E-state index >= 15 is 0 Å². The van der Waals surface area contributed by atoms with Crippen LogP contribution in [0.5, 0.6) is 0 Å². The predicted octanol–water partition coefficient (Wildman–Crippen LogP) is 3.69. The number of nitrogens with one attached hydrogen (secondary N) is 1. The summed E-state index contributed by atoms with van der Waals surface area (Å²) in [5.41, 5.74) is 0.359. The third-order valence-electron chi connectivity index (χ3n) is 4.07. The highest BCUT2D eigenvalue weighted by Crippen LogP contribution is 2.32. The van der Waals surface area contributed by atoms with Gasteiger partial charge in [-0.3, -0.25) is 29.4 Å². The predicted molar refractivity (Wildman–Crippen MR) is 111 cm³/mol. The number of allylic oxidation sites excluding steroid dienone is 2. The molecule has 3 rings (SSSR count). The van der Waals surface area contributed by atoms with Crippen LogP contribution in [-0.2, 0) is 19.2 Å². The molecule has 1 N–H and O–H groups in total. The van der Waals surface area contributed by atoms with Gasteiger partial charge >= 0.3 is 0 Å². The molecular weight excluding hydrogens is 356 g/mol. The van der Waals surface area contributed by atoms with Crippen molar-refractivity contribution in [3.05, 3.63) is 35.5 Å². The number of carbonyl (C=O) groups excluding carboxylic acids is 4. The van der Waals surface area contributed by atoms with Crippen LogP contribution in [0.25, 0.3) is 0 Å². The van der Waals surface area contributed by atoms with Gasteiger partial charge in [-0.1, -0.05) is 79.7 Å². The van der Waals surface area contributed by atoms with Crippen molar-refractivity contribution < 1.29 is 19.2 Å². The SMILES string of the molecule is CC.CC.CC.CC1(C)C=CC2=C(C=C1)C(=O)N(C1CCC(=O)NC1=O)C2=O. The maximum Gasteiger partial charge on any atom is 0.262 e. The van der Waals surface area contributed by atoms with E-state index in [0.717, 1.165) is 4.90 Å². The molecule has 1 atom stereocenters. The standard InChI is InChI=1S/C16H16N2O4.3C2H6/c1-16(2)7-5-9-10(6-8-16)15(22)18(14(9)21)11-3-4-12(19)17-13(11)20;3*1-2/h5-8,11H,3-4H2,1-2H3,(H,17,19,20);3*1-2H3. The van der Waals surface area contributed by atoms with Gasteiger partial charge in [0, 0.05) is 11.8 Å². The maximum atomic E-state index is 12.5. The summed E-state index contributed by atoms with van der Waals surface area (Å²) in [4.78, 5) is 49.2. The Morgan fingerprint density at radius 3 is 1.68 bits per heavy atom. The fourth-order valence-corrected chi connectivity index (χ4v) is 2.77. The zero-order chi connectivity index (χ0) is 22.1. The Morgan fingerprint density at radius 1 is 0.857 bits per heavy atom. The zero-order valence-corrected chi connectivity index (χ0v) is 18.4. The van der Waals surface area contributed by atoms with Gasteiger partial charge in [0.1, 0.15) is 6.04 Å². The Labute approximate surface area is 168 Å². The van der Waals surface area contributed by atoms with Crippen LogP contribution in [0, 0.1) is 5.41 Å². The van der Waals surface area contributed by atoms with E-state index in [1.807, 2.05) is 67.5 Å². The zero-order valence-electron chi connectivity index (χ0n) is 18.4. The quantitative estimate of drug-likeness (QED) is 0.692. The number of amides is 4. The second-order valence-corrected chi connectivity index (χ2v) is 6.26. The first-order valence-electron chi connectivity index (χ1n) is 10.1. The van der Waals surface area contributed by atoms with Crippen LogP contribution in [0.15, 0.2) is 35.5 Å². The van der Waals surface area contributed by atoms with Crippen LogP contribution in [0.4, 0.5) is 0 Å². The fourth-order valence-electron chi connectivity index (χ4n) is 2.77. The van der Waals surface area contributed by atoms with Gasteiger partial charge in [0.2, 0.25) is 11.8 Å². The lowest BCUT2D eigenvalue weighted by Crippen LogP contribution is -2.54. The molecule has 1 unspecified atom stereocenters. The molecule has 0 saturated carbocycles. The molecule has 3 aliphatic rings. The van der Waals surface area contributed by atoms with Gasteiger partial charge in [0.15, 0.2) is 0 Å². The van der Waals surface area contributed by atoms with Crippen LogP contribution < -0.4 is 5.32 Å². The Hall–Kier alpha value is -2.50. The molecular formula is C22H34N2O4. The fraction of sp³-hybridized carbons (Fsp3) is 0.545. The van der Waals surface area contributed by atoms with Crippen LogP contribution in [0.3, 0.4) is 0 Å². The number of hydrogen-bond donors (Lipinski definition) is 1. The van der Waals surface area contributed by atoms with E-state index < -0.39 is 23.8 Å². The normalized spacial score (nSPS) is 22.0. The number of carbonyl (C=O) groups is 4. The summed E-state index contributed by atoms with van der Waals surface area (Å²) in [5, 5.41) is 2.18. The van der Waals surface area contributed by atoms with Gasteiger partial charge in [-0.25, -0.2) is 0 Å². The van der Waals surface area contributed by atoms with Crippen LogP contribution in [0.2, 0.25) is 0 Å². The summed E-state index contributed by atoms with van der Waals surface area (Å²) < 4.78 is 0. The third kappa shape index (κ3) is 5.50. The van der Waals surface area contributed by atoms with Crippen molar-refractivity contribution in [2.75, 3.05) is 0 Å². The molecule has 2 aliphatic heterocycles. The molecule has 0 spiro atoms. The average molecular weight is 391 g/mol. The summed E-state index contributed by atoms with van der Waals surface area (Å²) in [7, 11) is 0. The summed E-state index contributed by atoms with van der Waals surface area (Å²) in [6.45, 7) is 15.9.